The van der Waals surface area contributed by atoms with Gasteiger partial charge in [0.15, 0.2) is 5.85 Å². The van der Waals surface area contributed by atoms with Crippen LogP contribution in [-0.4, -0.2) is 32.3 Å². The van der Waals surface area contributed by atoms with E-state index in [9.17, 15) is 9.13 Å². The molecule has 9 heteroatoms. The third-order valence-corrected chi connectivity index (χ3v) is 7.08. The third kappa shape index (κ3) is 7.25. The fraction of sp³-hybridized carbons (Fsp3) is 0.933. The van der Waals surface area contributed by atoms with Gasteiger partial charge in [0.2, 0.25) is 0 Å². The average Bonchev–Trinajstić information content (AvgIpc) is 2.51. The van der Waals surface area contributed by atoms with Crippen LogP contribution in [0.5, 0.6) is 0 Å². The zero-order chi connectivity index (χ0) is 18.3. The molecule has 142 valence electrons. The molecule has 2 radical (unpaired) electrons. The van der Waals surface area contributed by atoms with Crippen LogP contribution in [0.25, 0.3) is 0 Å². The van der Waals surface area contributed by atoms with Gasteiger partial charge in [0.25, 0.3) is 0 Å². The number of hydrogen-bond donors (Lipinski definition) is 0. The van der Waals surface area contributed by atoms with Crippen molar-refractivity contribution < 1.29 is 31.7 Å². The van der Waals surface area contributed by atoms with Gasteiger partial charge in [-0.2, -0.15) is 0 Å². The molecule has 1 atom stereocenters. The topological polar surface area (TPSA) is 80.3 Å². The van der Waals surface area contributed by atoms with Crippen molar-refractivity contribution in [3.8, 4) is 0 Å². The Balaban J connectivity index is 2.70. The van der Waals surface area contributed by atoms with Crippen LogP contribution in [0, 0.1) is 12.3 Å². The molecule has 1 rings (SSSR count). The molecule has 1 unspecified atom stereocenters. The Labute approximate surface area is 145 Å². The Morgan fingerprint density at radius 1 is 1.17 bits per heavy atom. The highest BCUT2D eigenvalue weighted by atomic mass is 31.2. The summed E-state index contributed by atoms with van der Waals surface area (Å²) in [6.07, 6.45) is 3.27. The molecule has 0 N–H and O–H groups in total. The van der Waals surface area contributed by atoms with Crippen molar-refractivity contribution in [1.29, 1.82) is 0 Å². The lowest BCUT2D eigenvalue weighted by Gasteiger charge is -2.34. The van der Waals surface area contributed by atoms with Crippen LogP contribution >= 0.6 is 15.4 Å². The molecule has 7 nitrogen and oxygen atoms in total. The first-order valence-electron chi connectivity index (χ1n) is 8.41. The molecule has 0 bridgehead atoms. The Hall–Kier alpha value is 0.260. The fourth-order valence-corrected chi connectivity index (χ4v) is 5.30. The van der Waals surface area contributed by atoms with Gasteiger partial charge in [0, 0.05) is 5.41 Å². The van der Waals surface area contributed by atoms with Crippen molar-refractivity contribution in [2.45, 2.75) is 59.2 Å². The van der Waals surface area contributed by atoms with Gasteiger partial charge in [-0.05, 0) is 26.7 Å². The molecule has 24 heavy (non-hydrogen) atoms. The van der Waals surface area contributed by atoms with Gasteiger partial charge >= 0.3 is 15.4 Å². The van der Waals surface area contributed by atoms with Crippen molar-refractivity contribution in [1.82, 2.24) is 0 Å². The van der Waals surface area contributed by atoms with E-state index in [-0.39, 0.29) is 26.4 Å². The maximum atomic E-state index is 13.0. The summed E-state index contributed by atoms with van der Waals surface area (Å²) in [5.41, 5.74) is -0.737. The molecule has 0 aliphatic carbocycles. The minimum absolute atomic E-state index is 0.0225. The molecule has 0 spiro atoms. The van der Waals surface area contributed by atoms with Crippen molar-refractivity contribution in [3.63, 3.8) is 0 Å². The monoisotopic (exact) mass is 384 g/mol. The second-order valence-corrected chi connectivity index (χ2v) is 10.2. The van der Waals surface area contributed by atoms with E-state index in [1.54, 1.807) is 6.92 Å². The van der Waals surface area contributed by atoms with Crippen LogP contribution in [0.1, 0.15) is 53.4 Å². The second-order valence-electron chi connectivity index (χ2n) is 6.27. The van der Waals surface area contributed by atoms with Crippen molar-refractivity contribution >= 4 is 15.4 Å². The van der Waals surface area contributed by atoms with Gasteiger partial charge in [-0.15, -0.1) is 0 Å². The number of unbranched alkanes of at least 4 members (excludes halogenated alkanes) is 2. The van der Waals surface area contributed by atoms with Gasteiger partial charge in [-0.3, -0.25) is 18.1 Å². The molecule has 0 amide bonds. The molecule has 0 aromatic heterocycles. The normalized spacial score (nSPS) is 21.5. The van der Waals surface area contributed by atoms with Crippen molar-refractivity contribution in [3.05, 3.63) is 6.92 Å². The fourth-order valence-electron chi connectivity index (χ4n) is 1.76. The first-order chi connectivity index (χ1) is 11.2. The molecule has 1 saturated heterocycles. The van der Waals surface area contributed by atoms with Gasteiger partial charge in [-0.25, -0.2) is 4.57 Å². The maximum absolute atomic E-state index is 13.0. The minimum Gasteiger partial charge on any atom is -0.307 e. The van der Waals surface area contributed by atoms with Gasteiger partial charge in [0.05, 0.1) is 26.4 Å². The van der Waals surface area contributed by atoms with Crippen LogP contribution in [-0.2, 0) is 31.7 Å². The van der Waals surface area contributed by atoms with E-state index in [0.29, 0.717) is 0 Å². The molecule has 1 aliphatic heterocycles. The summed E-state index contributed by atoms with van der Waals surface area (Å²) >= 11 is 0. The predicted octanol–water partition coefficient (Wildman–Crippen LogP) is 5.05. The summed E-state index contributed by atoms with van der Waals surface area (Å²) < 4.78 is 52.0. The quantitative estimate of drug-likeness (QED) is 0.364. The second kappa shape index (κ2) is 9.82. The Morgan fingerprint density at radius 3 is 2.04 bits per heavy atom. The Morgan fingerprint density at radius 2 is 1.62 bits per heavy atom. The van der Waals surface area contributed by atoms with E-state index in [0.717, 1.165) is 25.7 Å². The lowest BCUT2D eigenvalue weighted by molar-refractivity contribution is 0.00615. The summed E-state index contributed by atoms with van der Waals surface area (Å²) in [7, 11) is -7.43. The summed E-state index contributed by atoms with van der Waals surface area (Å²) in [4.78, 5) is 0. The number of phosphoric acid groups is 1. The van der Waals surface area contributed by atoms with Crippen LogP contribution in [0.15, 0.2) is 0 Å². The van der Waals surface area contributed by atoms with E-state index >= 15 is 0 Å². The molecule has 0 aromatic carbocycles. The maximum Gasteiger partial charge on any atom is 0.475 e. The Bertz CT molecular complexity index is 439. The zero-order valence-corrected chi connectivity index (χ0v) is 16.9. The summed E-state index contributed by atoms with van der Waals surface area (Å²) in [5.74, 6) is -1.07. The van der Waals surface area contributed by atoms with Crippen LogP contribution < -0.4 is 0 Å². The molecular formula is C15H30O7P2. The summed E-state index contributed by atoms with van der Waals surface area (Å²) in [6.45, 7) is 13.6. The van der Waals surface area contributed by atoms with Gasteiger partial charge in [0.1, 0.15) is 0 Å². The van der Waals surface area contributed by atoms with Crippen LogP contribution in [0.2, 0.25) is 0 Å². The Kier molecular flexibility index (Phi) is 9.12. The molecule has 0 saturated carbocycles. The van der Waals surface area contributed by atoms with E-state index in [2.05, 4.69) is 0 Å². The minimum atomic E-state index is -3.84. The highest BCUT2D eigenvalue weighted by Crippen LogP contribution is 2.62. The van der Waals surface area contributed by atoms with E-state index in [1.807, 2.05) is 13.8 Å². The zero-order valence-electron chi connectivity index (χ0n) is 15.1. The standard InChI is InChI=1S/C15H30O7P2/c1-6-8-10-18-23(16,19-11-9-7-2)14(3)22-24(17)20-12-15(4,5)13-21-24/h4,14H,6-13H2,1-3,5H3. The molecule has 0 aromatic rings. The van der Waals surface area contributed by atoms with Crippen LogP contribution in [0.4, 0.5) is 0 Å². The molecule has 1 aliphatic rings. The first-order valence-corrected chi connectivity index (χ1v) is 11.5. The highest BCUT2D eigenvalue weighted by Gasteiger charge is 2.44. The highest BCUT2D eigenvalue weighted by molar-refractivity contribution is 7.55. The van der Waals surface area contributed by atoms with E-state index in [4.69, 9.17) is 29.5 Å². The molecule has 1 heterocycles. The SMILES string of the molecule is [CH]C1(C)COP(=O)(OC(C)P(=O)(OCCCC)OCCCC)OC1. The van der Waals surface area contributed by atoms with E-state index in [1.165, 1.54) is 6.92 Å². The smallest absolute Gasteiger partial charge is 0.307 e. The van der Waals surface area contributed by atoms with E-state index < -0.39 is 26.7 Å². The average molecular weight is 384 g/mol. The number of hydrogen-bond acceptors (Lipinski definition) is 7. The van der Waals surface area contributed by atoms with Crippen LogP contribution in [0.3, 0.4) is 0 Å². The van der Waals surface area contributed by atoms with Gasteiger partial charge < -0.3 is 9.05 Å². The predicted molar refractivity (Wildman–Crippen MR) is 91.8 cm³/mol. The third-order valence-electron chi connectivity index (χ3n) is 3.37. The number of rotatable bonds is 11. The molecular weight excluding hydrogens is 354 g/mol. The summed E-state index contributed by atoms with van der Waals surface area (Å²) in [5, 5.41) is 0. The summed E-state index contributed by atoms with van der Waals surface area (Å²) in [6, 6.07) is 0. The lowest BCUT2D eigenvalue weighted by atomic mass is 9.97. The molecule has 1 fully saturated rings. The first kappa shape index (κ1) is 22.3. The van der Waals surface area contributed by atoms with Crippen molar-refractivity contribution in [2.24, 2.45) is 5.41 Å². The largest absolute Gasteiger partial charge is 0.475 e. The van der Waals surface area contributed by atoms with Gasteiger partial charge in [-0.1, -0.05) is 33.6 Å². The lowest BCUT2D eigenvalue weighted by Crippen LogP contribution is -2.31. The van der Waals surface area contributed by atoms with Crippen molar-refractivity contribution in [2.75, 3.05) is 26.4 Å². The number of phosphoric ester groups is 1.